The van der Waals surface area contributed by atoms with Gasteiger partial charge in [0.05, 0.1) is 31.1 Å². The Kier molecular flexibility index (Phi) is 6.54. The van der Waals surface area contributed by atoms with E-state index in [0.717, 1.165) is 29.6 Å². The molecule has 4 aromatic rings. The molecule has 0 aliphatic heterocycles. The molecule has 9 heteroatoms. The minimum absolute atomic E-state index is 0.155. The number of fused-ring (bicyclic) bond motifs is 1. The summed E-state index contributed by atoms with van der Waals surface area (Å²) in [5.74, 6) is 1.99. The van der Waals surface area contributed by atoms with Gasteiger partial charge < -0.3 is 19.8 Å². The van der Waals surface area contributed by atoms with E-state index in [1.807, 2.05) is 25.1 Å². The second-order valence-electron chi connectivity index (χ2n) is 7.08. The van der Waals surface area contributed by atoms with E-state index in [4.69, 9.17) is 14.5 Å². The third-order valence-electron chi connectivity index (χ3n) is 4.92. The summed E-state index contributed by atoms with van der Waals surface area (Å²) in [6, 6.07) is 9.17. The Balaban J connectivity index is 1.57. The van der Waals surface area contributed by atoms with Crippen molar-refractivity contribution in [3.05, 3.63) is 60.4 Å². The fraction of sp³-hybridized carbons (Fsp3) is 0.261. The normalized spacial score (nSPS) is 10.8. The highest BCUT2D eigenvalue weighted by molar-refractivity contribution is 5.99. The zero-order valence-corrected chi connectivity index (χ0v) is 18.0. The summed E-state index contributed by atoms with van der Waals surface area (Å²) in [5.41, 5.74) is 2.70. The van der Waals surface area contributed by atoms with Crippen LogP contribution in [0.5, 0.6) is 11.5 Å². The van der Waals surface area contributed by atoms with Crippen molar-refractivity contribution in [2.24, 2.45) is 0 Å². The quantitative estimate of drug-likeness (QED) is 0.390. The number of hydrogen-bond donors (Lipinski definition) is 2. The van der Waals surface area contributed by atoms with E-state index >= 15 is 0 Å². The molecule has 2 N–H and O–H groups in total. The molecule has 0 saturated carbocycles. The topological polar surface area (TPSA) is 115 Å². The Morgan fingerprint density at radius 3 is 2.88 bits per heavy atom. The van der Waals surface area contributed by atoms with Crippen LogP contribution in [0.25, 0.3) is 22.2 Å². The Hall–Kier alpha value is -4.01. The molecule has 164 valence electrons. The van der Waals surface area contributed by atoms with Crippen LogP contribution >= 0.6 is 0 Å². The van der Waals surface area contributed by atoms with E-state index in [-0.39, 0.29) is 5.91 Å². The lowest BCUT2D eigenvalue weighted by Gasteiger charge is -2.12. The van der Waals surface area contributed by atoms with Crippen molar-refractivity contribution in [1.29, 1.82) is 0 Å². The molecule has 0 atom stereocenters. The second kappa shape index (κ2) is 9.86. The van der Waals surface area contributed by atoms with Gasteiger partial charge in [-0.15, -0.1) is 10.2 Å². The van der Waals surface area contributed by atoms with Gasteiger partial charge in [-0.25, -0.2) is 4.98 Å². The van der Waals surface area contributed by atoms with Crippen LogP contribution in [0.2, 0.25) is 0 Å². The minimum Gasteiger partial charge on any atom is -0.495 e. The van der Waals surface area contributed by atoms with Crippen LogP contribution in [0.3, 0.4) is 0 Å². The lowest BCUT2D eigenvalue weighted by atomic mass is 10.1. The number of amides is 1. The minimum atomic E-state index is -0.155. The van der Waals surface area contributed by atoms with Gasteiger partial charge >= 0.3 is 0 Å². The smallest absolute Gasteiger partial charge is 0.251 e. The number of hydrogen-bond acceptors (Lipinski definition) is 7. The van der Waals surface area contributed by atoms with Gasteiger partial charge in [-0.2, -0.15) is 0 Å². The number of aromatic amines is 1. The Morgan fingerprint density at radius 1 is 1.19 bits per heavy atom. The van der Waals surface area contributed by atoms with Crippen molar-refractivity contribution in [3.63, 3.8) is 0 Å². The maximum absolute atomic E-state index is 12.7. The van der Waals surface area contributed by atoms with Crippen LogP contribution in [0.1, 0.15) is 29.5 Å². The molecule has 32 heavy (non-hydrogen) atoms. The Bertz CT molecular complexity index is 1210. The fourth-order valence-electron chi connectivity index (χ4n) is 3.34. The number of carbonyl (C=O) groups is 1. The molecule has 3 aromatic heterocycles. The maximum atomic E-state index is 12.7. The number of aryl methyl sites for hydroxylation is 1. The molecule has 0 unspecified atom stereocenters. The summed E-state index contributed by atoms with van der Waals surface area (Å²) in [4.78, 5) is 24.6. The summed E-state index contributed by atoms with van der Waals surface area (Å²) in [5, 5.41) is 11.5. The summed E-state index contributed by atoms with van der Waals surface area (Å²) >= 11 is 0. The van der Waals surface area contributed by atoms with Crippen LogP contribution in [0.15, 0.2) is 49.1 Å². The first-order chi connectivity index (χ1) is 15.7. The van der Waals surface area contributed by atoms with Gasteiger partial charge in [-0.3, -0.25) is 9.78 Å². The number of ether oxygens (including phenoxy) is 2. The first-order valence-electron chi connectivity index (χ1n) is 10.4. The number of methoxy groups -OCH3 is 1. The third-order valence-corrected chi connectivity index (χ3v) is 4.92. The van der Waals surface area contributed by atoms with Gasteiger partial charge in [-0.05, 0) is 37.6 Å². The molecule has 0 aliphatic rings. The van der Waals surface area contributed by atoms with E-state index in [9.17, 15) is 4.79 Å². The second-order valence-corrected chi connectivity index (χ2v) is 7.08. The van der Waals surface area contributed by atoms with Crippen molar-refractivity contribution >= 4 is 16.8 Å². The molecule has 3 heterocycles. The molecule has 0 aliphatic carbocycles. The van der Waals surface area contributed by atoms with E-state index in [1.165, 1.54) is 0 Å². The predicted molar refractivity (Wildman–Crippen MR) is 120 cm³/mol. The highest BCUT2D eigenvalue weighted by atomic mass is 16.5. The molecular weight excluding hydrogens is 408 g/mol. The summed E-state index contributed by atoms with van der Waals surface area (Å²) in [6.07, 6.45) is 6.38. The summed E-state index contributed by atoms with van der Waals surface area (Å²) in [6.45, 7) is 2.98. The van der Waals surface area contributed by atoms with Crippen LogP contribution in [0, 0.1) is 0 Å². The van der Waals surface area contributed by atoms with E-state index in [0.29, 0.717) is 41.4 Å². The van der Waals surface area contributed by atoms with Gasteiger partial charge in [-0.1, -0.05) is 0 Å². The van der Waals surface area contributed by atoms with E-state index in [2.05, 4.69) is 25.5 Å². The molecule has 0 fully saturated rings. The molecule has 0 bridgehead atoms. The lowest BCUT2D eigenvalue weighted by Crippen LogP contribution is -2.24. The van der Waals surface area contributed by atoms with Crippen molar-refractivity contribution < 1.29 is 14.3 Å². The lowest BCUT2D eigenvalue weighted by molar-refractivity contribution is 0.0953. The Labute approximate surface area is 185 Å². The molecule has 4 rings (SSSR count). The first-order valence-corrected chi connectivity index (χ1v) is 10.4. The number of carbonyl (C=O) groups excluding carboxylic acids is 1. The van der Waals surface area contributed by atoms with Crippen molar-refractivity contribution in [2.45, 2.75) is 19.8 Å². The maximum Gasteiger partial charge on any atom is 0.251 e. The van der Waals surface area contributed by atoms with Crippen LogP contribution in [-0.2, 0) is 6.42 Å². The molecule has 0 saturated heterocycles. The molecule has 0 radical (unpaired) electrons. The van der Waals surface area contributed by atoms with Crippen LogP contribution in [0.4, 0.5) is 0 Å². The SMILES string of the molecule is CCOc1cc(-c2cncc(OC)c2)nc2cc(C(=O)NCCCc3nnc[nH]3)ccc12. The zero-order chi connectivity index (χ0) is 22.3. The van der Waals surface area contributed by atoms with E-state index in [1.54, 1.807) is 38.0 Å². The summed E-state index contributed by atoms with van der Waals surface area (Å²) < 4.78 is 11.1. The largest absolute Gasteiger partial charge is 0.495 e. The van der Waals surface area contributed by atoms with Crippen molar-refractivity contribution in [1.82, 2.24) is 30.5 Å². The van der Waals surface area contributed by atoms with E-state index < -0.39 is 0 Å². The predicted octanol–water partition coefficient (Wildman–Crippen LogP) is 3.18. The highest BCUT2D eigenvalue weighted by Crippen LogP contribution is 2.31. The number of aromatic nitrogens is 5. The van der Waals surface area contributed by atoms with Crippen molar-refractivity contribution in [2.75, 3.05) is 20.3 Å². The molecule has 1 amide bonds. The number of pyridine rings is 2. The van der Waals surface area contributed by atoms with Gasteiger partial charge in [0.2, 0.25) is 0 Å². The van der Waals surface area contributed by atoms with Crippen LogP contribution < -0.4 is 14.8 Å². The summed E-state index contributed by atoms with van der Waals surface area (Å²) in [7, 11) is 1.59. The van der Waals surface area contributed by atoms with Crippen molar-refractivity contribution in [3.8, 4) is 22.8 Å². The zero-order valence-electron chi connectivity index (χ0n) is 18.0. The van der Waals surface area contributed by atoms with Gasteiger partial charge in [0.25, 0.3) is 5.91 Å². The number of H-pyrrole nitrogens is 1. The monoisotopic (exact) mass is 432 g/mol. The molecular formula is C23H24N6O3. The highest BCUT2D eigenvalue weighted by Gasteiger charge is 2.13. The fourth-order valence-corrected chi connectivity index (χ4v) is 3.34. The van der Waals surface area contributed by atoms with Crippen LogP contribution in [-0.4, -0.2) is 51.3 Å². The number of rotatable bonds is 9. The average Bonchev–Trinajstić information content (AvgIpc) is 3.35. The molecule has 0 spiro atoms. The standard InChI is InChI=1S/C23H24N6O3/c1-3-32-21-11-19(16-9-17(31-2)13-24-12-16)28-20-10-15(6-7-18(20)21)23(30)25-8-4-5-22-26-14-27-29-22/h6-7,9-14H,3-5,8H2,1-2H3,(H,25,30)(H,26,27,29). The van der Waals surface area contributed by atoms with Gasteiger partial charge in [0, 0.05) is 41.7 Å². The molecule has 9 nitrogen and oxygen atoms in total. The average molecular weight is 432 g/mol. The Morgan fingerprint density at radius 2 is 2.09 bits per heavy atom. The van der Waals surface area contributed by atoms with Gasteiger partial charge in [0.15, 0.2) is 0 Å². The van der Waals surface area contributed by atoms with Gasteiger partial charge in [0.1, 0.15) is 23.7 Å². The number of benzene rings is 1. The number of nitrogens with one attached hydrogen (secondary N) is 2. The molecule has 1 aromatic carbocycles. The third kappa shape index (κ3) is 4.83. The number of nitrogens with zero attached hydrogens (tertiary/aromatic N) is 4. The first kappa shape index (κ1) is 21.2.